The summed E-state index contributed by atoms with van der Waals surface area (Å²) >= 11 is 0. The third-order valence-electron chi connectivity index (χ3n) is 2.17. The first-order valence-corrected chi connectivity index (χ1v) is 5.03. The van der Waals surface area contributed by atoms with Crippen molar-refractivity contribution in [3.63, 3.8) is 0 Å². The third-order valence-corrected chi connectivity index (χ3v) is 2.17. The van der Waals surface area contributed by atoms with Crippen molar-refractivity contribution >= 4 is 11.6 Å². The van der Waals surface area contributed by atoms with Crippen LogP contribution in [0.3, 0.4) is 0 Å². The molecule has 0 atom stereocenters. The summed E-state index contributed by atoms with van der Waals surface area (Å²) in [6, 6.07) is 5.43. The predicted molar refractivity (Wildman–Crippen MR) is 63.2 cm³/mol. The molecule has 16 heavy (non-hydrogen) atoms. The Kier molecular flexibility index (Phi) is 4.75. The second kappa shape index (κ2) is 6.09. The lowest BCUT2D eigenvalue weighted by Crippen LogP contribution is -2.28. The lowest BCUT2D eigenvalue weighted by molar-refractivity contribution is 0.0938. The second-order valence-electron chi connectivity index (χ2n) is 3.44. The minimum Gasteiger partial charge on any atom is -0.383 e. The van der Waals surface area contributed by atoms with Gasteiger partial charge in [-0.25, -0.2) is 0 Å². The zero-order valence-corrected chi connectivity index (χ0v) is 9.54. The number of amides is 1. The summed E-state index contributed by atoms with van der Waals surface area (Å²) in [6.07, 6.45) is 0. The second-order valence-corrected chi connectivity index (χ2v) is 3.44. The molecule has 1 amide bonds. The largest absolute Gasteiger partial charge is 0.383 e. The van der Waals surface area contributed by atoms with Crippen LogP contribution in [-0.2, 0) is 4.74 Å². The van der Waals surface area contributed by atoms with Gasteiger partial charge in [-0.15, -0.1) is 0 Å². The van der Waals surface area contributed by atoms with Gasteiger partial charge in [-0.2, -0.15) is 0 Å². The molecule has 1 aromatic carbocycles. The van der Waals surface area contributed by atoms with E-state index >= 15 is 0 Å². The molecule has 0 aliphatic rings. The first-order chi connectivity index (χ1) is 7.69. The number of anilines is 1. The summed E-state index contributed by atoms with van der Waals surface area (Å²) in [5, 5.41) is 2.73. The highest BCUT2D eigenvalue weighted by Crippen LogP contribution is 2.16. The molecule has 0 bridgehead atoms. The molecule has 88 valence electrons. The molecule has 0 radical (unpaired) electrons. The van der Waals surface area contributed by atoms with Crippen molar-refractivity contribution in [2.24, 2.45) is 5.84 Å². The minimum absolute atomic E-state index is 0.162. The van der Waals surface area contributed by atoms with Crippen molar-refractivity contribution in [1.82, 2.24) is 5.32 Å². The maximum atomic E-state index is 11.7. The van der Waals surface area contributed by atoms with Crippen LogP contribution in [0.15, 0.2) is 18.2 Å². The van der Waals surface area contributed by atoms with Crippen molar-refractivity contribution < 1.29 is 9.53 Å². The van der Waals surface area contributed by atoms with E-state index in [1.54, 1.807) is 13.2 Å². The van der Waals surface area contributed by atoms with Gasteiger partial charge in [-0.3, -0.25) is 10.6 Å². The van der Waals surface area contributed by atoms with Gasteiger partial charge < -0.3 is 15.5 Å². The third kappa shape index (κ3) is 3.22. The van der Waals surface area contributed by atoms with Gasteiger partial charge in [0.2, 0.25) is 0 Å². The highest BCUT2D eigenvalue weighted by molar-refractivity contribution is 5.99. The highest BCUT2D eigenvalue weighted by atomic mass is 16.5. The summed E-state index contributed by atoms with van der Waals surface area (Å²) in [4.78, 5) is 11.7. The normalized spacial score (nSPS) is 9.94. The van der Waals surface area contributed by atoms with Crippen LogP contribution in [0.5, 0.6) is 0 Å². The SMILES string of the molecule is COCCNC(=O)c1ccc(C)cc1NN. The fraction of sp³-hybridized carbons (Fsp3) is 0.364. The van der Waals surface area contributed by atoms with E-state index in [1.165, 1.54) is 0 Å². The smallest absolute Gasteiger partial charge is 0.253 e. The molecule has 0 saturated carbocycles. The number of nitrogen functional groups attached to an aromatic ring is 1. The van der Waals surface area contributed by atoms with Crippen LogP contribution in [0.25, 0.3) is 0 Å². The number of hydrogen-bond donors (Lipinski definition) is 3. The van der Waals surface area contributed by atoms with Gasteiger partial charge >= 0.3 is 0 Å². The molecule has 0 unspecified atom stereocenters. The molecule has 0 heterocycles. The lowest BCUT2D eigenvalue weighted by Gasteiger charge is -2.10. The minimum atomic E-state index is -0.162. The summed E-state index contributed by atoms with van der Waals surface area (Å²) < 4.78 is 4.85. The van der Waals surface area contributed by atoms with E-state index < -0.39 is 0 Å². The van der Waals surface area contributed by atoms with Crippen molar-refractivity contribution in [3.8, 4) is 0 Å². The maximum Gasteiger partial charge on any atom is 0.253 e. The van der Waals surface area contributed by atoms with E-state index in [-0.39, 0.29) is 5.91 Å². The number of ether oxygens (including phenoxy) is 1. The highest BCUT2D eigenvalue weighted by Gasteiger charge is 2.09. The van der Waals surface area contributed by atoms with E-state index in [1.807, 2.05) is 19.1 Å². The standard InChI is InChI=1S/C11H17N3O2/c1-8-3-4-9(10(7-8)14-12)11(15)13-5-6-16-2/h3-4,7,14H,5-6,12H2,1-2H3,(H,13,15). The summed E-state index contributed by atoms with van der Waals surface area (Å²) in [5.41, 5.74) is 4.71. The fourth-order valence-corrected chi connectivity index (χ4v) is 1.34. The molecule has 5 nitrogen and oxygen atoms in total. The molecular weight excluding hydrogens is 206 g/mol. The first-order valence-electron chi connectivity index (χ1n) is 5.03. The number of hydrazine groups is 1. The number of nitrogens with one attached hydrogen (secondary N) is 2. The lowest BCUT2D eigenvalue weighted by atomic mass is 10.1. The van der Waals surface area contributed by atoms with Crippen LogP contribution in [-0.4, -0.2) is 26.2 Å². The molecule has 5 heteroatoms. The van der Waals surface area contributed by atoms with Crippen molar-refractivity contribution in [2.45, 2.75) is 6.92 Å². The number of carbonyl (C=O) groups excluding carboxylic acids is 1. The van der Waals surface area contributed by atoms with Crippen LogP contribution in [0.4, 0.5) is 5.69 Å². The zero-order chi connectivity index (χ0) is 12.0. The topological polar surface area (TPSA) is 76.4 Å². The van der Waals surface area contributed by atoms with Crippen LogP contribution in [0, 0.1) is 6.92 Å². The summed E-state index contributed by atoms with van der Waals surface area (Å²) in [6.45, 7) is 2.91. The van der Waals surface area contributed by atoms with Gasteiger partial charge in [0.25, 0.3) is 5.91 Å². The molecule has 0 aliphatic heterocycles. The molecule has 0 saturated heterocycles. The molecule has 0 aromatic heterocycles. The van der Waals surface area contributed by atoms with E-state index in [0.29, 0.717) is 24.4 Å². The van der Waals surface area contributed by atoms with Crippen LogP contribution >= 0.6 is 0 Å². The zero-order valence-electron chi connectivity index (χ0n) is 9.54. The maximum absolute atomic E-state index is 11.7. The van der Waals surface area contributed by atoms with Crippen LogP contribution in [0.1, 0.15) is 15.9 Å². The molecule has 0 aliphatic carbocycles. The van der Waals surface area contributed by atoms with E-state index in [2.05, 4.69) is 10.7 Å². The van der Waals surface area contributed by atoms with Crippen molar-refractivity contribution in [2.75, 3.05) is 25.7 Å². The Labute approximate surface area is 94.9 Å². The van der Waals surface area contributed by atoms with Crippen molar-refractivity contribution in [3.05, 3.63) is 29.3 Å². The average molecular weight is 223 g/mol. The van der Waals surface area contributed by atoms with E-state index in [4.69, 9.17) is 10.6 Å². The fourth-order valence-electron chi connectivity index (χ4n) is 1.34. The molecule has 0 spiro atoms. The average Bonchev–Trinajstić information content (AvgIpc) is 2.29. The Hall–Kier alpha value is -1.59. The van der Waals surface area contributed by atoms with Gasteiger partial charge in [0, 0.05) is 13.7 Å². The van der Waals surface area contributed by atoms with Gasteiger partial charge in [-0.1, -0.05) is 6.07 Å². The summed E-state index contributed by atoms with van der Waals surface area (Å²) in [7, 11) is 1.59. The Bertz CT molecular complexity index is 366. The van der Waals surface area contributed by atoms with Gasteiger partial charge in [0.1, 0.15) is 0 Å². The number of carbonyl (C=O) groups is 1. The predicted octanol–water partition coefficient (Wildman–Crippen LogP) is 0.657. The molecular formula is C11H17N3O2. The first kappa shape index (κ1) is 12.5. The number of methoxy groups -OCH3 is 1. The Morgan fingerprint density at radius 3 is 2.88 bits per heavy atom. The van der Waals surface area contributed by atoms with E-state index in [0.717, 1.165) is 5.56 Å². The Morgan fingerprint density at radius 1 is 1.50 bits per heavy atom. The number of aryl methyl sites for hydroxylation is 1. The van der Waals surface area contributed by atoms with Gasteiger partial charge in [0.15, 0.2) is 0 Å². The van der Waals surface area contributed by atoms with Crippen molar-refractivity contribution in [1.29, 1.82) is 0 Å². The number of rotatable bonds is 5. The molecule has 0 fully saturated rings. The Morgan fingerprint density at radius 2 is 2.25 bits per heavy atom. The monoisotopic (exact) mass is 223 g/mol. The van der Waals surface area contributed by atoms with Gasteiger partial charge in [0.05, 0.1) is 17.9 Å². The Balaban J connectivity index is 2.74. The molecule has 1 aromatic rings. The summed E-state index contributed by atoms with van der Waals surface area (Å²) in [5.74, 6) is 5.20. The van der Waals surface area contributed by atoms with Crippen LogP contribution < -0.4 is 16.6 Å². The number of benzene rings is 1. The quantitative estimate of drug-likeness (QED) is 0.389. The molecule has 4 N–H and O–H groups in total. The number of hydrogen-bond acceptors (Lipinski definition) is 4. The van der Waals surface area contributed by atoms with Gasteiger partial charge in [-0.05, 0) is 24.6 Å². The number of nitrogens with two attached hydrogens (primary N) is 1. The molecule has 1 rings (SSSR count). The van der Waals surface area contributed by atoms with Crippen LogP contribution in [0.2, 0.25) is 0 Å². The van der Waals surface area contributed by atoms with E-state index in [9.17, 15) is 4.79 Å².